The van der Waals surface area contributed by atoms with Gasteiger partial charge in [-0.15, -0.1) is 0 Å². The van der Waals surface area contributed by atoms with Crippen molar-refractivity contribution in [1.82, 2.24) is 0 Å². The molecule has 0 spiro atoms. The third-order valence-electron chi connectivity index (χ3n) is 3.93. The molecule has 0 radical (unpaired) electrons. The monoisotopic (exact) mass is 347 g/mol. The summed E-state index contributed by atoms with van der Waals surface area (Å²) in [6.07, 6.45) is 2.88. The van der Waals surface area contributed by atoms with E-state index in [9.17, 15) is 18.5 Å². The molecule has 0 atom stereocenters. The zero-order chi connectivity index (χ0) is 17.3. The predicted molar refractivity (Wildman–Crippen MR) is 89.0 cm³/mol. The van der Waals surface area contributed by atoms with Gasteiger partial charge >= 0.3 is 5.69 Å². The van der Waals surface area contributed by atoms with Crippen molar-refractivity contribution in [2.45, 2.75) is 30.3 Å². The molecule has 2 aromatic carbocycles. The number of sulfone groups is 1. The summed E-state index contributed by atoms with van der Waals surface area (Å²) in [6.45, 7) is 0.0625. The molecule has 1 aliphatic carbocycles. The lowest BCUT2D eigenvalue weighted by atomic mass is 10.1. The van der Waals surface area contributed by atoms with Gasteiger partial charge in [0.2, 0.25) is 5.75 Å². The SMILES string of the molecule is CS(=O)(=O)c1cc(C2CC2)cc([N+](=O)[O-])c1OCc1ccccc1. The Morgan fingerprint density at radius 2 is 1.88 bits per heavy atom. The van der Waals surface area contributed by atoms with Crippen LogP contribution >= 0.6 is 0 Å². The molecule has 1 fully saturated rings. The number of nitro groups is 1. The molecule has 0 unspecified atom stereocenters. The molecule has 6 nitrogen and oxygen atoms in total. The van der Waals surface area contributed by atoms with Crippen LogP contribution in [0.3, 0.4) is 0 Å². The van der Waals surface area contributed by atoms with E-state index < -0.39 is 14.8 Å². The predicted octanol–water partition coefficient (Wildman–Crippen LogP) is 3.45. The largest absolute Gasteiger partial charge is 0.481 e. The maximum Gasteiger partial charge on any atom is 0.312 e. The first-order valence-electron chi connectivity index (χ1n) is 7.55. The Morgan fingerprint density at radius 3 is 2.42 bits per heavy atom. The first kappa shape index (κ1) is 16.4. The summed E-state index contributed by atoms with van der Waals surface area (Å²) in [4.78, 5) is 10.7. The highest BCUT2D eigenvalue weighted by molar-refractivity contribution is 7.90. The van der Waals surface area contributed by atoms with Crippen LogP contribution in [0.4, 0.5) is 5.69 Å². The summed E-state index contributed by atoms with van der Waals surface area (Å²) in [5.74, 6) is 0.0168. The highest BCUT2D eigenvalue weighted by Gasteiger charge is 2.32. The number of nitrogens with zero attached hydrogens (tertiary/aromatic N) is 1. The molecule has 1 saturated carbocycles. The minimum Gasteiger partial charge on any atom is -0.481 e. The first-order valence-corrected chi connectivity index (χ1v) is 9.44. The van der Waals surface area contributed by atoms with E-state index in [-0.39, 0.29) is 28.9 Å². The van der Waals surface area contributed by atoms with Gasteiger partial charge in [0, 0.05) is 12.3 Å². The fourth-order valence-electron chi connectivity index (χ4n) is 2.55. The third-order valence-corrected chi connectivity index (χ3v) is 5.03. The zero-order valence-electron chi connectivity index (χ0n) is 13.1. The summed E-state index contributed by atoms with van der Waals surface area (Å²) < 4.78 is 29.8. The summed E-state index contributed by atoms with van der Waals surface area (Å²) >= 11 is 0. The maximum atomic E-state index is 12.1. The van der Waals surface area contributed by atoms with E-state index in [1.807, 2.05) is 30.3 Å². The lowest BCUT2D eigenvalue weighted by molar-refractivity contribution is -0.386. The van der Waals surface area contributed by atoms with Crippen LogP contribution in [-0.2, 0) is 16.4 Å². The standard InChI is InChI=1S/C17H17NO5S/c1-24(21,22)16-10-14(13-7-8-13)9-15(18(19)20)17(16)23-11-12-5-3-2-4-6-12/h2-6,9-10,13H,7-8,11H2,1H3. The van der Waals surface area contributed by atoms with Gasteiger partial charge < -0.3 is 4.74 Å². The van der Waals surface area contributed by atoms with Crippen LogP contribution in [0.2, 0.25) is 0 Å². The van der Waals surface area contributed by atoms with Crippen molar-refractivity contribution < 1.29 is 18.1 Å². The van der Waals surface area contributed by atoms with Gasteiger partial charge in [-0.05, 0) is 36.0 Å². The van der Waals surface area contributed by atoms with E-state index in [2.05, 4.69) is 0 Å². The van der Waals surface area contributed by atoms with Crippen LogP contribution in [0.25, 0.3) is 0 Å². The molecule has 2 aromatic rings. The summed E-state index contributed by atoms with van der Waals surface area (Å²) in [6, 6.07) is 12.1. The number of hydrogen-bond donors (Lipinski definition) is 0. The van der Waals surface area contributed by atoms with Gasteiger partial charge in [0.1, 0.15) is 11.5 Å². The number of nitro benzene ring substituents is 1. The van der Waals surface area contributed by atoms with E-state index in [0.717, 1.165) is 24.7 Å². The molecule has 0 saturated heterocycles. The van der Waals surface area contributed by atoms with E-state index in [4.69, 9.17) is 4.74 Å². The van der Waals surface area contributed by atoms with E-state index in [0.29, 0.717) is 5.56 Å². The minimum atomic E-state index is -3.65. The van der Waals surface area contributed by atoms with E-state index >= 15 is 0 Å². The van der Waals surface area contributed by atoms with Gasteiger partial charge in [-0.2, -0.15) is 0 Å². The van der Waals surface area contributed by atoms with Crippen molar-refractivity contribution >= 4 is 15.5 Å². The van der Waals surface area contributed by atoms with E-state index in [1.165, 1.54) is 12.1 Å². The fraction of sp³-hybridized carbons (Fsp3) is 0.294. The number of benzene rings is 2. The van der Waals surface area contributed by atoms with Crippen LogP contribution in [0.5, 0.6) is 5.75 Å². The molecule has 0 aliphatic heterocycles. The zero-order valence-corrected chi connectivity index (χ0v) is 14.0. The average molecular weight is 347 g/mol. The van der Waals surface area contributed by atoms with Gasteiger partial charge in [-0.3, -0.25) is 10.1 Å². The quantitative estimate of drug-likeness (QED) is 0.590. The topological polar surface area (TPSA) is 86.5 Å². The lowest BCUT2D eigenvalue weighted by Gasteiger charge is -2.13. The van der Waals surface area contributed by atoms with Crippen molar-refractivity contribution in [2.24, 2.45) is 0 Å². The molecule has 7 heteroatoms. The molecule has 0 heterocycles. The summed E-state index contributed by atoms with van der Waals surface area (Å²) in [7, 11) is -3.65. The second-order valence-electron chi connectivity index (χ2n) is 5.95. The number of rotatable bonds is 6. The Bertz CT molecular complexity index is 873. The molecule has 0 amide bonds. The summed E-state index contributed by atoms with van der Waals surface area (Å²) in [5.41, 5.74) is 1.20. The first-order chi connectivity index (χ1) is 11.4. The van der Waals surface area contributed by atoms with Gasteiger partial charge in [-0.1, -0.05) is 30.3 Å². The van der Waals surface area contributed by atoms with Crippen LogP contribution < -0.4 is 4.74 Å². The third kappa shape index (κ3) is 3.56. The van der Waals surface area contributed by atoms with Gasteiger partial charge in [0.15, 0.2) is 9.84 Å². The van der Waals surface area contributed by atoms with E-state index in [1.54, 1.807) is 0 Å². The summed E-state index contributed by atoms with van der Waals surface area (Å²) in [5, 5.41) is 11.4. The molecule has 0 aromatic heterocycles. The van der Waals surface area contributed by atoms with Crippen molar-refractivity contribution in [2.75, 3.05) is 6.26 Å². The van der Waals surface area contributed by atoms with Crippen LogP contribution in [0.1, 0.15) is 29.9 Å². The van der Waals surface area contributed by atoms with Crippen molar-refractivity contribution in [3.8, 4) is 5.75 Å². The normalized spacial score (nSPS) is 14.4. The van der Waals surface area contributed by atoms with Crippen LogP contribution in [-0.4, -0.2) is 19.6 Å². The minimum absolute atomic E-state index is 0.0625. The van der Waals surface area contributed by atoms with Crippen LogP contribution in [0.15, 0.2) is 47.4 Å². The molecule has 3 rings (SSSR count). The second-order valence-corrected chi connectivity index (χ2v) is 7.93. The maximum absolute atomic E-state index is 12.1. The van der Waals surface area contributed by atoms with Gasteiger partial charge in [-0.25, -0.2) is 8.42 Å². The Kier molecular flexibility index (Phi) is 4.28. The van der Waals surface area contributed by atoms with Gasteiger partial charge in [0.25, 0.3) is 0 Å². The number of ether oxygens (including phenoxy) is 1. The van der Waals surface area contributed by atoms with Crippen molar-refractivity contribution in [1.29, 1.82) is 0 Å². The second kappa shape index (κ2) is 6.24. The molecule has 24 heavy (non-hydrogen) atoms. The molecule has 0 N–H and O–H groups in total. The molecular formula is C17H17NO5S. The Hall–Kier alpha value is -2.41. The number of hydrogen-bond acceptors (Lipinski definition) is 5. The highest BCUT2D eigenvalue weighted by atomic mass is 32.2. The van der Waals surface area contributed by atoms with Crippen LogP contribution in [0, 0.1) is 10.1 Å². The Morgan fingerprint density at radius 1 is 1.21 bits per heavy atom. The van der Waals surface area contributed by atoms with Crippen molar-refractivity contribution in [3.63, 3.8) is 0 Å². The fourth-order valence-corrected chi connectivity index (χ4v) is 3.40. The Labute approximate surface area is 140 Å². The van der Waals surface area contributed by atoms with Crippen molar-refractivity contribution in [3.05, 3.63) is 63.7 Å². The molecular weight excluding hydrogens is 330 g/mol. The molecule has 126 valence electrons. The van der Waals surface area contributed by atoms with Gasteiger partial charge in [0.05, 0.1) is 4.92 Å². The average Bonchev–Trinajstić information content (AvgIpc) is 3.37. The lowest BCUT2D eigenvalue weighted by Crippen LogP contribution is -2.07. The smallest absolute Gasteiger partial charge is 0.312 e. The molecule has 0 bridgehead atoms. The molecule has 1 aliphatic rings. The Balaban J connectivity index is 2.05. The highest BCUT2D eigenvalue weighted by Crippen LogP contribution is 2.45.